The highest BCUT2D eigenvalue weighted by Gasteiger charge is 2.51. The number of rotatable bonds is 2. The molecule has 9 nitrogen and oxygen atoms in total. The quantitative estimate of drug-likeness (QED) is 0.405. The number of anilines is 2. The summed E-state index contributed by atoms with van der Waals surface area (Å²) in [6.07, 6.45) is -3.57. The van der Waals surface area contributed by atoms with Crippen LogP contribution >= 0.6 is 0 Å². The minimum Gasteiger partial charge on any atom is -0.472 e. The van der Waals surface area contributed by atoms with Crippen LogP contribution in [0.15, 0.2) is 6.07 Å². The second-order valence-electron chi connectivity index (χ2n) is 11.2. The van der Waals surface area contributed by atoms with Crippen LogP contribution in [0.25, 0.3) is 22.0 Å². The molecule has 2 saturated heterocycles. The Hall–Kier alpha value is -3.74. The monoisotopic (exact) mass is 559 g/mol. The Kier molecular flexibility index (Phi) is 5.71. The molecular weight excluding hydrogens is 530 g/mol. The first kappa shape index (κ1) is 26.5. The van der Waals surface area contributed by atoms with E-state index in [0.717, 1.165) is 25.8 Å². The first-order chi connectivity index (χ1) is 18.7. The van der Waals surface area contributed by atoms with E-state index in [-0.39, 0.29) is 51.4 Å². The average molecular weight is 560 g/mol. The number of fused-ring (bicyclic) bond motifs is 5. The fourth-order valence-corrected chi connectivity index (χ4v) is 6.71. The molecule has 3 aromatic heterocycles. The molecule has 0 saturated carbocycles. The Morgan fingerprint density at radius 1 is 1.25 bits per heavy atom. The van der Waals surface area contributed by atoms with Gasteiger partial charge in [0.25, 0.3) is 5.91 Å². The molecule has 3 aromatic rings. The largest absolute Gasteiger partial charge is 0.472 e. The molecule has 6 heterocycles. The lowest BCUT2D eigenvalue weighted by Gasteiger charge is -2.46. The van der Waals surface area contributed by atoms with Gasteiger partial charge in [-0.05, 0) is 52.2 Å². The number of nitrogens with two attached hydrogens (primary N) is 1. The van der Waals surface area contributed by atoms with Crippen molar-refractivity contribution in [2.75, 3.05) is 24.2 Å². The van der Waals surface area contributed by atoms with Crippen molar-refractivity contribution in [3.8, 4) is 17.1 Å². The lowest BCUT2D eigenvalue weighted by atomic mass is 9.95. The van der Waals surface area contributed by atoms with Gasteiger partial charge in [0, 0.05) is 36.1 Å². The van der Waals surface area contributed by atoms with Gasteiger partial charge in [0.2, 0.25) is 5.88 Å². The summed E-state index contributed by atoms with van der Waals surface area (Å²) in [5.74, 6) is -1.52. The van der Waals surface area contributed by atoms with Gasteiger partial charge in [0.15, 0.2) is 5.82 Å². The van der Waals surface area contributed by atoms with E-state index < -0.39 is 46.5 Å². The summed E-state index contributed by atoms with van der Waals surface area (Å²) >= 11 is 0. The number of halogens is 4. The van der Waals surface area contributed by atoms with Crippen molar-refractivity contribution in [1.82, 2.24) is 25.6 Å². The van der Waals surface area contributed by atoms with E-state index in [1.807, 2.05) is 11.8 Å². The number of aromatic nitrogens is 3. The molecule has 0 aromatic carbocycles. The van der Waals surface area contributed by atoms with Gasteiger partial charge in [0.1, 0.15) is 29.1 Å². The van der Waals surface area contributed by atoms with E-state index in [1.165, 1.54) is 14.0 Å². The molecule has 0 radical (unpaired) electrons. The molecular formula is C27H29F4N7O2. The number of hydrogen-bond acceptors (Lipinski definition) is 8. The first-order valence-electron chi connectivity index (χ1n) is 13.1. The van der Waals surface area contributed by atoms with Crippen LogP contribution in [0.1, 0.15) is 54.0 Å². The Balaban J connectivity index is 1.73. The maximum Gasteiger partial charge on any atom is 0.418 e. The molecule has 0 spiro atoms. The Morgan fingerprint density at radius 2 is 1.98 bits per heavy atom. The second kappa shape index (κ2) is 8.63. The summed E-state index contributed by atoms with van der Waals surface area (Å²) in [6.45, 7) is 7.14. The van der Waals surface area contributed by atoms with Crippen molar-refractivity contribution in [1.29, 1.82) is 0 Å². The molecule has 3 aliphatic heterocycles. The van der Waals surface area contributed by atoms with Crippen LogP contribution in [0.2, 0.25) is 0 Å². The van der Waals surface area contributed by atoms with E-state index in [0.29, 0.717) is 12.4 Å². The number of amides is 1. The number of nitrogen functional groups attached to an aromatic ring is 1. The maximum absolute atomic E-state index is 16.7. The van der Waals surface area contributed by atoms with Gasteiger partial charge in [-0.25, -0.2) is 19.3 Å². The smallest absolute Gasteiger partial charge is 0.418 e. The number of pyridine rings is 3. The topological polar surface area (TPSA) is 118 Å². The van der Waals surface area contributed by atoms with Crippen LogP contribution in [0.4, 0.5) is 29.2 Å². The fraction of sp³-hybridized carbons (Fsp3) is 0.481. The minimum atomic E-state index is -4.86. The number of carbonyl (C=O) groups is 1. The van der Waals surface area contributed by atoms with Crippen molar-refractivity contribution in [3.05, 3.63) is 34.4 Å². The van der Waals surface area contributed by atoms with Gasteiger partial charge < -0.3 is 26.0 Å². The molecule has 2 fully saturated rings. The predicted molar refractivity (Wildman–Crippen MR) is 141 cm³/mol. The maximum atomic E-state index is 16.7. The normalized spacial score (nSPS) is 25.4. The van der Waals surface area contributed by atoms with Crippen LogP contribution < -0.4 is 26.0 Å². The Morgan fingerprint density at radius 3 is 2.65 bits per heavy atom. The van der Waals surface area contributed by atoms with Gasteiger partial charge in [-0.15, -0.1) is 0 Å². The molecule has 212 valence electrons. The summed E-state index contributed by atoms with van der Waals surface area (Å²) in [4.78, 5) is 27.9. The van der Waals surface area contributed by atoms with Crippen LogP contribution in [0.3, 0.4) is 0 Å². The molecule has 0 aliphatic carbocycles. The van der Waals surface area contributed by atoms with Gasteiger partial charge >= 0.3 is 6.18 Å². The van der Waals surface area contributed by atoms with Crippen molar-refractivity contribution in [3.63, 3.8) is 0 Å². The molecule has 3 aliphatic rings. The summed E-state index contributed by atoms with van der Waals surface area (Å²) in [7, 11) is 1.43. The molecule has 4 unspecified atom stereocenters. The van der Waals surface area contributed by atoms with E-state index in [9.17, 15) is 18.0 Å². The SMILES string of the molecule is CNC(=O)c1nc2c3c(nc(-c4cc(N)nc(C)c4C(F)(F)F)c(F)c3c1C)OC(C)C1C3CCC(C)(CN21)N3. The number of piperazine rings is 1. The summed E-state index contributed by atoms with van der Waals surface area (Å²) < 4.78 is 65.7. The van der Waals surface area contributed by atoms with Gasteiger partial charge in [0.05, 0.1) is 22.7 Å². The highest BCUT2D eigenvalue weighted by Crippen LogP contribution is 2.48. The third-order valence-electron chi connectivity index (χ3n) is 8.36. The number of ether oxygens (including phenoxy) is 1. The van der Waals surface area contributed by atoms with Crippen LogP contribution in [-0.4, -0.2) is 58.2 Å². The molecule has 2 bridgehead atoms. The number of hydrogen-bond donors (Lipinski definition) is 3. The lowest BCUT2D eigenvalue weighted by molar-refractivity contribution is -0.137. The molecule has 4 N–H and O–H groups in total. The van der Waals surface area contributed by atoms with Crippen molar-refractivity contribution >= 4 is 28.3 Å². The van der Waals surface area contributed by atoms with Crippen molar-refractivity contribution in [2.45, 2.75) is 70.4 Å². The Bertz CT molecular complexity index is 1590. The van der Waals surface area contributed by atoms with Crippen LogP contribution in [0.5, 0.6) is 5.88 Å². The number of nitrogens with one attached hydrogen (secondary N) is 2. The third-order valence-corrected chi connectivity index (χ3v) is 8.36. The number of aryl methyl sites for hydroxylation is 2. The number of carbonyl (C=O) groups excluding carboxylic acids is 1. The standard InChI is InChI=1S/C27H29F4N7O2/c1-10-16-17-23(35-20(10)24(39)33-5)38-9-26(4)7-6-14(37-26)22(38)12(3)40-25(17)36-21(19(16)28)13-8-15(32)34-11(2)18(13)27(29,30)31/h8,12,14,22,37H,6-7,9H2,1-5H3,(H2,32,34)(H,33,39). The third kappa shape index (κ3) is 3.77. The van der Waals surface area contributed by atoms with E-state index in [1.54, 1.807) is 0 Å². The lowest BCUT2D eigenvalue weighted by Crippen LogP contribution is -2.66. The highest BCUT2D eigenvalue weighted by molar-refractivity contribution is 6.06. The molecule has 4 atom stereocenters. The Labute approximate surface area is 227 Å². The zero-order chi connectivity index (χ0) is 28.9. The summed E-state index contributed by atoms with van der Waals surface area (Å²) in [5.41, 5.74) is 3.02. The first-order valence-corrected chi connectivity index (χ1v) is 13.1. The van der Waals surface area contributed by atoms with Crippen LogP contribution in [-0.2, 0) is 6.18 Å². The fourth-order valence-electron chi connectivity index (χ4n) is 6.71. The molecule has 13 heteroatoms. The predicted octanol–water partition coefficient (Wildman–Crippen LogP) is 3.89. The summed E-state index contributed by atoms with van der Waals surface area (Å²) in [5, 5.41) is 6.34. The average Bonchev–Trinajstić information content (AvgIpc) is 3.11. The molecule has 40 heavy (non-hydrogen) atoms. The molecule has 6 rings (SSSR count). The highest BCUT2D eigenvalue weighted by atomic mass is 19.4. The zero-order valence-electron chi connectivity index (χ0n) is 22.6. The van der Waals surface area contributed by atoms with E-state index in [4.69, 9.17) is 15.5 Å². The minimum absolute atomic E-state index is 0.0217. The molecule has 1 amide bonds. The number of alkyl halides is 3. The summed E-state index contributed by atoms with van der Waals surface area (Å²) in [6, 6.07) is 0.745. The van der Waals surface area contributed by atoms with Crippen molar-refractivity contribution < 1.29 is 27.1 Å². The van der Waals surface area contributed by atoms with Crippen LogP contribution in [0, 0.1) is 19.7 Å². The van der Waals surface area contributed by atoms with Gasteiger partial charge in [-0.1, -0.05) is 0 Å². The zero-order valence-corrected chi connectivity index (χ0v) is 22.6. The number of nitrogens with zero attached hydrogens (tertiary/aromatic N) is 4. The second-order valence-corrected chi connectivity index (χ2v) is 11.2. The van der Waals surface area contributed by atoms with E-state index in [2.05, 4.69) is 27.5 Å². The van der Waals surface area contributed by atoms with Gasteiger partial charge in [-0.2, -0.15) is 13.2 Å². The van der Waals surface area contributed by atoms with E-state index >= 15 is 4.39 Å². The van der Waals surface area contributed by atoms with Crippen molar-refractivity contribution in [2.24, 2.45) is 0 Å². The van der Waals surface area contributed by atoms with Gasteiger partial charge in [-0.3, -0.25) is 4.79 Å².